The summed E-state index contributed by atoms with van der Waals surface area (Å²) in [7, 11) is 0. The molecule has 12 heavy (non-hydrogen) atoms. The number of benzene rings is 1. The second-order valence-corrected chi connectivity index (χ2v) is 2.93. The molecule has 0 aliphatic heterocycles. The van der Waals surface area contributed by atoms with Crippen molar-refractivity contribution in [1.29, 1.82) is 0 Å². The fourth-order valence-corrected chi connectivity index (χ4v) is 1.40. The number of hydrogen-bond acceptors (Lipinski definition) is 2. The lowest BCUT2D eigenvalue weighted by Gasteiger charge is -1.92. The van der Waals surface area contributed by atoms with Gasteiger partial charge in [0.25, 0.3) is 0 Å². The Morgan fingerprint density at radius 2 is 2.00 bits per heavy atom. The first-order chi connectivity index (χ1) is 5.70. The van der Waals surface area contributed by atoms with Gasteiger partial charge in [0.1, 0.15) is 17.1 Å². The maximum Gasteiger partial charge on any atom is 0.138 e. The molecule has 62 valence electrons. The van der Waals surface area contributed by atoms with E-state index in [0.29, 0.717) is 5.75 Å². The van der Waals surface area contributed by atoms with Crippen molar-refractivity contribution in [2.75, 3.05) is 0 Å². The van der Waals surface area contributed by atoms with Crippen LogP contribution in [0.15, 0.2) is 22.6 Å². The van der Waals surface area contributed by atoms with Gasteiger partial charge in [0.2, 0.25) is 0 Å². The Morgan fingerprint density at radius 3 is 2.67 bits per heavy atom. The van der Waals surface area contributed by atoms with Crippen LogP contribution in [0.4, 0.5) is 0 Å². The number of hydrogen-bond donors (Lipinski definition) is 1. The van der Waals surface area contributed by atoms with Gasteiger partial charge < -0.3 is 9.52 Å². The van der Waals surface area contributed by atoms with Crippen molar-refractivity contribution in [3.63, 3.8) is 0 Å². The molecule has 0 radical (unpaired) electrons. The largest absolute Gasteiger partial charge is 0.507 e. The number of aromatic hydroxyl groups is 1. The van der Waals surface area contributed by atoms with Gasteiger partial charge in [-0.2, -0.15) is 0 Å². The molecule has 0 spiro atoms. The lowest BCUT2D eigenvalue weighted by molar-refractivity contribution is 0.481. The molecule has 1 N–H and O–H groups in total. The van der Waals surface area contributed by atoms with Crippen molar-refractivity contribution in [2.45, 2.75) is 13.8 Å². The maximum absolute atomic E-state index is 9.51. The fourth-order valence-electron chi connectivity index (χ4n) is 1.40. The highest BCUT2D eigenvalue weighted by molar-refractivity contribution is 5.87. The first-order valence-electron chi connectivity index (χ1n) is 3.88. The van der Waals surface area contributed by atoms with Gasteiger partial charge in [0.15, 0.2) is 0 Å². The monoisotopic (exact) mass is 162 g/mol. The van der Waals surface area contributed by atoms with Crippen molar-refractivity contribution in [1.82, 2.24) is 0 Å². The molecular weight excluding hydrogens is 152 g/mol. The van der Waals surface area contributed by atoms with E-state index in [1.165, 1.54) is 0 Å². The summed E-state index contributed by atoms with van der Waals surface area (Å²) in [5.74, 6) is 1.16. The van der Waals surface area contributed by atoms with E-state index in [2.05, 4.69) is 0 Å². The zero-order valence-corrected chi connectivity index (χ0v) is 7.09. The number of phenols is 1. The minimum Gasteiger partial charge on any atom is -0.507 e. The summed E-state index contributed by atoms with van der Waals surface area (Å²) in [5, 5.41) is 10.3. The lowest BCUT2D eigenvalue weighted by atomic mass is 10.1. The Bertz CT molecular complexity index is 427. The Balaban J connectivity index is 2.97. The molecule has 0 atom stereocenters. The summed E-state index contributed by atoms with van der Waals surface area (Å²) in [6, 6.07) is 5.30. The van der Waals surface area contributed by atoms with E-state index in [-0.39, 0.29) is 0 Å². The first-order valence-corrected chi connectivity index (χ1v) is 3.88. The van der Waals surface area contributed by atoms with Crippen LogP contribution in [-0.4, -0.2) is 5.11 Å². The van der Waals surface area contributed by atoms with Crippen molar-refractivity contribution < 1.29 is 9.52 Å². The third kappa shape index (κ3) is 0.811. The zero-order valence-electron chi connectivity index (χ0n) is 7.09. The average molecular weight is 162 g/mol. The SMILES string of the molecule is Cc1oc2cccc(O)c2c1C. The van der Waals surface area contributed by atoms with Gasteiger partial charge in [-0.3, -0.25) is 0 Å². The van der Waals surface area contributed by atoms with Crippen LogP contribution in [-0.2, 0) is 0 Å². The highest BCUT2D eigenvalue weighted by atomic mass is 16.3. The molecule has 2 aromatic rings. The molecule has 0 saturated heterocycles. The van der Waals surface area contributed by atoms with E-state index in [9.17, 15) is 5.11 Å². The number of aryl methyl sites for hydroxylation is 2. The summed E-state index contributed by atoms with van der Waals surface area (Å²) < 4.78 is 5.42. The van der Waals surface area contributed by atoms with E-state index in [1.54, 1.807) is 12.1 Å². The van der Waals surface area contributed by atoms with Crippen molar-refractivity contribution in [3.05, 3.63) is 29.5 Å². The summed E-state index contributed by atoms with van der Waals surface area (Å²) in [5.41, 5.74) is 1.77. The molecule has 0 unspecified atom stereocenters. The summed E-state index contributed by atoms with van der Waals surface area (Å²) in [6.07, 6.45) is 0. The normalized spacial score (nSPS) is 10.8. The van der Waals surface area contributed by atoms with E-state index in [1.807, 2.05) is 19.9 Å². The number of phenolic OH excluding ortho intramolecular Hbond substituents is 1. The second kappa shape index (κ2) is 2.27. The third-order valence-electron chi connectivity index (χ3n) is 2.17. The van der Waals surface area contributed by atoms with Gasteiger partial charge in [-0.1, -0.05) is 6.07 Å². The quantitative estimate of drug-likeness (QED) is 0.646. The van der Waals surface area contributed by atoms with E-state index >= 15 is 0 Å². The molecule has 2 rings (SSSR count). The first kappa shape index (κ1) is 7.22. The van der Waals surface area contributed by atoms with Crippen LogP contribution in [0.3, 0.4) is 0 Å². The molecule has 0 fully saturated rings. The standard InChI is InChI=1S/C10H10O2/c1-6-7(2)12-9-5-3-4-8(11)10(6)9/h3-5,11H,1-2H3. The molecule has 0 bridgehead atoms. The van der Waals surface area contributed by atoms with Crippen LogP contribution in [0.2, 0.25) is 0 Å². The van der Waals surface area contributed by atoms with Gasteiger partial charge in [-0.05, 0) is 26.0 Å². The number of furan rings is 1. The highest BCUT2D eigenvalue weighted by Gasteiger charge is 2.09. The van der Waals surface area contributed by atoms with E-state index < -0.39 is 0 Å². The van der Waals surface area contributed by atoms with Crippen molar-refractivity contribution in [3.8, 4) is 5.75 Å². The Labute approximate surface area is 70.4 Å². The molecule has 1 aromatic heterocycles. The molecule has 0 aliphatic rings. The third-order valence-corrected chi connectivity index (χ3v) is 2.17. The van der Waals surface area contributed by atoms with Crippen LogP contribution < -0.4 is 0 Å². The summed E-state index contributed by atoms with van der Waals surface area (Å²) in [6.45, 7) is 3.84. The second-order valence-electron chi connectivity index (χ2n) is 2.93. The molecule has 0 saturated carbocycles. The molecule has 1 heterocycles. The van der Waals surface area contributed by atoms with Crippen LogP contribution in [0.25, 0.3) is 11.0 Å². The van der Waals surface area contributed by atoms with E-state index in [4.69, 9.17) is 4.42 Å². The molecular formula is C10H10O2. The minimum absolute atomic E-state index is 0.293. The van der Waals surface area contributed by atoms with Gasteiger partial charge in [0, 0.05) is 5.56 Å². The predicted molar refractivity (Wildman–Crippen MR) is 47.4 cm³/mol. The Kier molecular flexibility index (Phi) is 1.37. The van der Waals surface area contributed by atoms with Crippen molar-refractivity contribution in [2.24, 2.45) is 0 Å². The topological polar surface area (TPSA) is 33.4 Å². The maximum atomic E-state index is 9.51. The Morgan fingerprint density at radius 1 is 1.25 bits per heavy atom. The predicted octanol–water partition coefficient (Wildman–Crippen LogP) is 2.76. The zero-order chi connectivity index (χ0) is 8.72. The number of rotatable bonds is 0. The van der Waals surface area contributed by atoms with Gasteiger partial charge in [-0.15, -0.1) is 0 Å². The molecule has 2 nitrogen and oxygen atoms in total. The van der Waals surface area contributed by atoms with Gasteiger partial charge >= 0.3 is 0 Å². The van der Waals surface area contributed by atoms with Crippen LogP contribution >= 0.6 is 0 Å². The molecule has 2 heteroatoms. The average Bonchev–Trinajstić information content (AvgIpc) is 2.29. The van der Waals surface area contributed by atoms with Crippen LogP contribution in [0.1, 0.15) is 11.3 Å². The van der Waals surface area contributed by atoms with Crippen molar-refractivity contribution >= 4 is 11.0 Å². The minimum atomic E-state index is 0.293. The highest BCUT2D eigenvalue weighted by Crippen LogP contribution is 2.31. The molecule has 1 aromatic carbocycles. The summed E-state index contributed by atoms with van der Waals surface area (Å²) in [4.78, 5) is 0. The molecule has 0 aliphatic carbocycles. The van der Waals surface area contributed by atoms with Crippen LogP contribution in [0.5, 0.6) is 5.75 Å². The summed E-state index contributed by atoms with van der Waals surface area (Å²) >= 11 is 0. The fraction of sp³-hybridized carbons (Fsp3) is 0.200. The smallest absolute Gasteiger partial charge is 0.138 e. The van der Waals surface area contributed by atoms with Gasteiger partial charge in [0.05, 0.1) is 5.39 Å². The molecule has 0 amide bonds. The lowest BCUT2D eigenvalue weighted by Crippen LogP contribution is -1.71. The number of fused-ring (bicyclic) bond motifs is 1. The van der Waals surface area contributed by atoms with E-state index in [0.717, 1.165) is 22.3 Å². The van der Waals surface area contributed by atoms with Crippen LogP contribution in [0, 0.1) is 13.8 Å². The Hall–Kier alpha value is -1.44. The van der Waals surface area contributed by atoms with Gasteiger partial charge in [-0.25, -0.2) is 0 Å².